The van der Waals surface area contributed by atoms with Gasteiger partial charge in [0, 0.05) is 12.1 Å². The van der Waals surface area contributed by atoms with E-state index < -0.39 is 27.2 Å². The van der Waals surface area contributed by atoms with Crippen LogP contribution in [0, 0.1) is 20.2 Å². The van der Waals surface area contributed by atoms with Gasteiger partial charge >= 0.3 is 17.3 Å². The van der Waals surface area contributed by atoms with Crippen LogP contribution in [0.4, 0.5) is 11.4 Å². The van der Waals surface area contributed by atoms with E-state index in [1.165, 1.54) is 12.1 Å². The van der Waals surface area contributed by atoms with Crippen molar-refractivity contribution in [3.8, 4) is 0 Å². The average Bonchev–Trinajstić information content (AvgIpc) is 2.47. The monoisotopic (exact) mass is 302 g/mol. The first-order valence-electron chi connectivity index (χ1n) is 6.13. The van der Waals surface area contributed by atoms with Crippen molar-refractivity contribution in [3.63, 3.8) is 0 Å². The van der Waals surface area contributed by atoms with Crippen molar-refractivity contribution in [3.05, 3.63) is 79.4 Å². The first kappa shape index (κ1) is 15.1. The molecule has 2 rings (SSSR count). The van der Waals surface area contributed by atoms with Gasteiger partial charge in [0.2, 0.25) is 0 Å². The zero-order valence-corrected chi connectivity index (χ0v) is 11.1. The third-order valence-corrected chi connectivity index (χ3v) is 3.08. The average molecular weight is 302 g/mol. The van der Waals surface area contributed by atoms with Crippen LogP contribution in [-0.2, 0) is 6.42 Å². The molecule has 0 unspecified atom stereocenters. The number of nitrogens with zero attached hydrogens (tertiary/aromatic N) is 2. The van der Waals surface area contributed by atoms with Gasteiger partial charge in [-0.3, -0.25) is 20.2 Å². The van der Waals surface area contributed by atoms with E-state index in [4.69, 9.17) is 5.11 Å². The molecule has 0 heterocycles. The molecule has 0 spiro atoms. The van der Waals surface area contributed by atoms with Gasteiger partial charge in [0.1, 0.15) is 0 Å². The molecule has 0 aliphatic rings. The van der Waals surface area contributed by atoms with Gasteiger partial charge in [0.05, 0.1) is 15.4 Å². The van der Waals surface area contributed by atoms with E-state index in [2.05, 4.69) is 0 Å². The molecule has 2 aromatic rings. The summed E-state index contributed by atoms with van der Waals surface area (Å²) in [6.45, 7) is 0. The highest BCUT2D eigenvalue weighted by Crippen LogP contribution is 2.28. The normalized spacial score (nSPS) is 10.2. The molecule has 0 aliphatic heterocycles. The molecule has 0 saturated carbocycles. The Balaban J connectivity index is 2.43. The minimum absolute atomic E-state index is 0.0866. The minimum atomic E-state index is -1.10. The van der Waals surface area contributed by atoms with Gasteiger partial charge in [-0.2, -0.15) is 0 Å². The second-order valence-electron chi connectivity index (χ2n) is 4.48. The van der Waals surface area contributed by atoms with Crippen LogP contribution in [0.5, 0.6) is 0 Å². The van der Waals surface area contributed by atoms with Crippen molar-refractivity contribution in [2.75, 3.05) is 0 Å². The lowest BCUT2D eigenvalue weighted by Gasteiger charge is -2.06. The van der Waals surface area contributed by atoms with E-state index in [1.807, 2.05) is 0 Å². The maximum Gasteiger partial charge on any atom is 0.346 e. The molecule has 0 aliphatic carbocycles. The summed E-state index contributed by atoms with van der Waals surface area (Å²) in [4.78, 5) is 31.2. The Kier molecular flexibility index (Phi) is 4.12. The molecule has 0 aromatic heterocycles. The number of benzene rings is 2. The Hall–Kier alpha value is -3.29. The first-order valence-corrected chi connectivity index (χ1v) is 6.13. The van der Waals surface area contributed by atoms with Gasteiger partial charge < -0.3 is 5.11 Å². The topological polar surface area (TPSA) is 124 Å². The number of carbonyl (C=O) groups is 1. The van der Waals surface area contributed by atoms with E-state index in [0.29, 0.717) is 11.1 Å². The van der Waals surface area contributed by atoms with Crippen LogP contribution < -0.4 is 0 Å². The molecule has 0 fully saturated rings. The molecule has 0 bridgehead atoms. The highest BCUT2D eigenvalue weighted by atomic mass is 16.6. The molecule has 8 nitrogen and oxygen atoms in total. The van der Waals surface area contributed by atoms with E-state index in [1.54, 1.807) is 18.2 Å². The predicted octanol–water partition coefficient (Wildman–Crippen LogP) is 2.79. The minimum Gasteiger partial charge on any atom is -0.478 e. The summed E-state index contributed by atoms with van der Waals surface area (Å²) in [6.07, 6.45) is 0.126. The number of nitro groups is 2. The Labute approximate surface area is 123 Å². The van der Waals surface area contributed by atoms with Crippen LogP contribution in [0.1, 0.15) is 21.5 Å². The predicted molar refractivity (Wildman–Crippen MR) is 76.0 cm³/mol. The number of hydrogen-bond acceptors (Lipinski definition) is 5. The fourth-order valence-electron chi connectivity index (χ4n) is 2.08. The summed E-state index contributed by atoms with van der Waals surface area (Å²) >= 11 is 0. The van der Waals surface area contributed by atoms with Crippen molar-refractivity contribution in [2.24, 2.45) is 0 Å². The van der Waals surface area contributed by atoms with Crippen molar-refractivity contribution < 1.29 is 19.7 Å². The zero-order chi connectivity index (χ0) is 16.3. The second-order valence-corrected chi connectivity index (χ2v) is 4.48. The van der Waals surface area contributed by atoms with Gasteiger partial charge in [-0.1, -0.05) is 24.3 Å². The summed E-state index contributed by atoms with van der Waals surface area (Å²) in [6, 6.07) is 9.78. The zero-order valence-electron chi connectivity index (χ0n) is 11.1. The SMILES string of the molecule is O=C(O)c1ccccc1Cc1ccc([N+](=O)[O-])c([N+](=O)[O-])c1. The number of carboxylic acid groups (broad SMARTS) is 1. The number of aromatic carboxylic acids is 1. The van der Waals surface area contributed by atoms with E-state index >= 15 is 0 Å². The molecule has 8 heteroatoms. The van der Waals surface area contributed by atoms with Crippen LogP contribution >= 0.6 is 0 Å². The smallest absolute Gasteiger partial charge is 0.346 e. The lowest BCUT2D eigenvalue weighted by molar-refractivity contribution is -0.422. The molecule has 112 valence electrons. The molecule has 1 N–H and O–H groups in total. The molecule has 0 atom stereocenters. The fraction of sp³-hybridized carbons (Fsp3) is 0.0714. The fourth-order valence-corrected chi connectivity index (χ4v) is 2.08. The second kappa shape index (κ2) is 6.00. The van der Waals surface area contributed by atoms with E-state index in [0.717, 1.165) is 12.1 Å². The summed E-state index contributed by atoms with van der Waals surface area (Å²) in [5.74, 6) is -1.10. The number of hydrogen-bond donors (Lipinski definition) is 1. The Morgan fingerprint density at radius 2 is 1.64 bits per heavy atom. The molecular formula is C14H10N2O6. The quantitative estimate of drug-likeness (QED) is 0.669. The standard InChI is InChI=1S/C14H10N2O6/c17-14(18)11-4-2-1-3-10(11)7-9-5-6-12(15(19)20)13(8-9)16(21)22/h1-6,8H,7H2,(H,17,18). The third-order valence-electron chi connectivity index (χ3n) is 3.08. The third kappa shape index (κ3) is 3.06. The van der Waals surface area contributed by atoms with Gasteiger partial charge in [0.25, 0.3) is 0 Å². The van der Waals surface area contributed by atoms with E-state index in [9.17, 15) is 25.0 Å². The number of rotatable bonds is 5. The molecule has 0 radical (unpaired) electrons. The maximum absolute atomic E-state index is 11.1. The van der Waals surface area contributed by atoms with Gasteiger partial charge in [0.15, 0.2) is 0 Å². The molecule has 22 heavy (non-hydrogen) atoms. The summed E-state index contributed by atoms with van der Waals surface area (Å²) in [5, 5.41) is 30.8. The lowest BCUT2D eigenvalue weighted by atomic mass is 9.99. The van der Waals surface area contributed by atoms with Crippen molar-refractivity contribution in [1.82, 2.24) is 0 Å². The highest BCUT2D eigenvalue weighted by molar-refractivity contribution is 5.89. The largest absolute Gasteiger partial charge is 0.478 e. The Bertz CT molecular complexity index is 772. The van der Waals surface area contributed by atoms with Crippen LogP contribution in [0.3, 0.4) is 0 Å². The highest BCUT2D eigenvalue weighted by Gasteiger charge is 2.24. The van der Waals surface area contributed by atoms with Crippen LogP contribution in [0.25, 0.3) is 0 Å². The van der Waals surface area contributed by atoms with E-state index in [-0.39, 0.29) is 12.0 Å². The summed E-state index contributed by atoms with van der Waals surface area (Å²) in [7, 11) is 0. The van der Waals surface area contributed by atoms with Crippen LogP contribution in [0.15, 0.2) is 42.5 Å². The molecular weight excluding hydrogens is 292 g/mol. The van der Waals surface area contributed by atoms with Crippen molar-refractivity contribution in [2.45, 2.75) is 6.42 Å². The number of carboxylic acids is 1. The molecule has 0 saturated heterocycles. The first-order chi connectivity index (χ1) is 10.4. The van der Waals surface area contributed by atoms with Crippen LogP contribution in [-0.4, -0.2) is 20.9 Å². The summed E-state index contributed by atoms with van der Waals surface area (Å²) in [5.41, 5.74) is -0.233. The maximum atomic E-state index is 11.1. The van der Waals surface area contributed by atoms with Crippen LogP contribution in [0.2, 0.25) is 0 Å². The molecule has 2 aromatic carbocycles. The van der Waals surface area contributed by atoms with Gasteiger partial charge in [-0.05, 0) is 23.6 Å². The van der Waals surface area contributed by atoms with Crippen molar-refractivity contribution in [1.29, 1.82) is 0 Å². The van der Waals surface area contributed by atoms with Gasteiger partial charge in [-0.15, -0.1) is 0 Å². The summed E-state index contributed by atoms with van der Waals surface area (Å²) < 4.78 is 0. The Morgan fingerprint density at radius 1 is 1.00 bits per heavy atom. The lowest BCUT2D eigenvalue weighted by Crippen LogP contribution is -2.03. The van der Waals surface area contributed by atoms with Gasteiger partial charge in [-0.25, -0.2) is 4.79 Å². The Morgan fingerprint density at radius 3 is 2.23 bits per heavy atom. The number of nitro benzene ring substituents is 2. The molecule has 0 amide bonds. The van der Waals surface area contributed by atoms with Crippen molar-refractivity contribution >= 4 is 17.3 Å².